The van der Waals surface area contributed by atoms with Crippen molar-refractivity contribution in [3.05, 3.63) is 10.4 Å². The van der Waals surface area contributed by atoms with Gasteiger partial charge in [-0.15, -0.1) is 0 Å². The number of phosphoric ester groups is 1. The highest BCUT2D eigenvalue weighted by molar-refractivity contribution is 7.47. The number of phosphoric acid groups is 1. The van der Waals surface area contributed by atoms with Crippen LogP contribution in [0.4, 0.5) is 4.79 Å². The number of aliphatic hydroxyl groups is 6. The number of aliphatic carboxylic acids is 1. The fourth-order valence-corrected chi connectivity index (χ4v) is 8.74. The Labute approximate surface area is 428 Å². The van der Waals surface area contributed by atoms with Crippen LogP contribution in [0, 0.1) is 0 Å². The quantitative estimate of drug-likeness (QED) is 0.00907. The number of hydrogen-bond donors (Lipinski definition) is 12. The minimum atomic E-state index is -5.59. The third-order valence-corrected chi connectivity index (χ3v) is 12.7. The highest BCUT2D eigenvalue weighted by atomic mass is 31.2. The van der Waals surface area contributed by atoms with Gasteiger partial charge >= 0.3 is 19.9 Å². The van der Waals surface area contributed by atoms with E-state index in [0.717, 1.165) is 39.0 Å². The number of carbonyl (C=O) groups is 5. The van der Waals surface area contributed by atoms with E-state index < -0.39 is 163 Å². The minimum Gasteiger partial charge on any atom is -0.479 e. The molecule has 31 heteroatoms. The van der Waals surface area contributed by atoms with Crippen LogP contribution in [0.15, 0.2) is 5.11 Å². The summed E-state index contributed by atoms with van der Waals surface area (Å²) >= 11 is 0. The average Bonchev–Trinajstić information content (AvgIpc) is 3.34. The lowest BCUT2D eigenvalue weighted by Crippen LogP contribution is -2.66. The minimum absolute atomic E-state index is 0.0518. The van der Waals surface area contributed by atoms with Gasteiger partial charge in [0.1, 0.15) is 49.2 Å². The van der Waals surface area contributed by atoms with Crippen LogP contribution in [-0.4, -0.2) is 202 Å². The molecule has 2 aliphatic rings. The number of ether oxygens (including phenoxy) is 7. The Morgan fingerprint density at radius 1 is 0.811 bits per heavy atom. The molecule has 0 aromatic heterocycles. The van der Waals surface area contributed by atoms with Crippen molar-refractivity contribution in [2.45, 2.75) is 203 Å². The summed E-state index contributed by atoms with van der Waals surface area (Å²) in [6, 6.07) is -3.12. The Bertz CT molecular complexity index is 1790. The molecule has 0 aromatic rings. The van der Waals surface area contributed by atoms with Crippen molar-refractivity contribution < 1.29 is 111 Å². The molecule has 2 saturated heterocycles. The molecular formula is C43H78N7O23P. The monoisotopic (exact) mass is 1090 g/mol. The van der Waals surface area contributed by atoms with Crippen LogP contribution in [0.25, 0.3) is 10.4 Å². The molecule has 0 aliphatic carbocycles. The SMILES string of the molecule is CCCCCCCCCCCCCCCCO[C@H](COP(=O)(O)O[C@H]1OC(C(N)=O)[C@@H](O)[C@H](OC(N)=O)C1O[C@H](OC(CO)[C@H](CO)O[C@@H]1OC(CO)[C@H](O)C(O)[C@@H]1NC(=O)CN=[N+]=[N-])[C@H](C)NC(C)=O)C(=O)O. The molecule has 14 N–H and O–H groups in total. The molecule has 0 radical (unpaired) electrons. The van der Waals surface area contributed by atoms with Crippen molar-refractivity contribution in [2.24, 2.45) is 16.6 Å². The number of rotatable bonds is 39. The number of nitrogens with one attached hydrogen (secondary N) is 2. The van der Waals surface area contributed by atoms with E-state index in [1.165, 1.54) is 58.3 Å². The highest BCUT2D eigenvalue weighted by Gasteiger charge is 2.55. The lowest BCUT2D eigenvalue weighted by atomic mass is 9.96. The summed E-state index contributed by atoms with van der Waals surface area (Å²) < 4.78 is 62.9. The van der Waals surface area contributed by atoms with Crippen molar-refractivity contribution in [1.82, 2.24) is 10.6 Å². The lowest BCUT2D eigenvalue weighted by Gasteiger charge is -2.45. The van der Waals surface area contributed by atoms with Gasteiger partial charge in [-0.05, 0) is 18.9 Å². The molecule has 16 atom stereocenters. The van der Waals surface area contributed by atoms with Crippen molar-refractivity contribution in [3.63, 3.8) is 0 Å². The van der Waals surface area contributed by atoms with Gasteiger partial charge < -0.3 is 95.9 Å². The Hall–Kier alpha value is -3.91. The number of aliphatic hydroxyl groups excluding tert-OH is 6. The van der Waals surface area contributed by atoms with E-state index in [0.29, 0.717) is 6.42 Å². The van der Waals surface area contributed by atoms with Gasteiger partial charge in [0.15, 0.2) is 43.3 Å². The Balaban J connectivity index is 2.32. The maximum Gasteiger partial charge on any atom is 0.474 e. The first-order valence-corrected chi connectivity index (χ1v) is 26.1. The number of azide groups is 1. The molecule has 2 fully saturated rings. The summed E-state index contributed by atoms with van der Waals surface area (Å²) in [7, 11) is -5.59. The van der Waals surface area contributed by atoms with Gasteiger partial charge in [0, 0.05) is 18.4 Å². The molecule has 2 heterocycles. The number of nitrogens with zero attached hydrogens (tertiary/aromatic N) is 3. The largest absolute Gasteiger partial charge is 0.479 e. The third kappa shape index (κ3) is 23.5. The van der Waals surface area contributed by atoms with Crippen molar-refractivity contribution in [2.75, 3.05) is 39.6 Å². The summed E-state index contributed by atoms with van der Waals surface area (Å²) in [5.41, 5.74) is 19.3. The van der Waals surface area contributed by atoms with Crippen LogP contribution in [0.3, 0.4) is 0 Å². The van der Waals surface area contributed by atoms with E-state index in [1.54, 1.807) is 0 Å². The first-order valence-electron chi connectivity index (χ1n) is 24.6. The number of hydrogen-bond acceptors (Lipinski definition) is 22. The molecule has 2 rings (SSSR count). The van der Waals surface area contributed by atoms with Gasteiger partial charge in [-0.2, -0.15) is 0 Å². The molecule has 2 aliphatic heterocycles. The number of amides is 4. The molecule has 0 saturated carbocycles. The Morgan fingerprint density at radius 2 is 1.39 bits per heavy atom. The Kier molecular flexibility index (Phi) is 31.7. The van der Waals surface area contributed by atoms with Crippen molar-refractivity contribution in [1.29, 1.82) is 0 Å². The van der Waals surface area contributed by atoms with Crippen LogP contribution in [0.1, 0.15) is 111 Å². The summed E-state index contributed by atoms with van der Waals surface area (Å²) in [6.45, 7) is -0.582. The van der Waals surface area contributed by atoms with Crippen LogP contribution < -0.4 is 22.1 Å². The first-order chi connectivity index (χ1) is 35.1. The van der Waals surface area contributed by atoms with Gasteiger partial charge in [0.2, 0.25) is 17.7 Å². The molecular weight excluding hydrogens is 1010 g/mol. The molecule has 428 valence electrons. The predicted molar refractivity (Wildman–Crippen MR) is 252 cm³/mol. The predicted octanol–water partition coefficient (Wildman–Crippen LogP) is -0.669. The van der Waals surface area contributed by atoms with Crippen molar-refractivity contribution in [3.8, 4) is 0 Å². The van der Waals surface area contributed by atoms with E-state index in [9.17, 15) is 69.2 Å². The van der Waals surface area contributed by atoms with E-state index in [-0.39, 0.29) is 6.61 Å². The highest BCUT2D eigenvalue weighted by Crippen LogP contribution is 2.47. The van der Waals surface area contributed by atoms with Crippen LogP contribution in [-0.2, 0) is 65.9 Å². The average molecular weight is 1090 g/mol. The molecule has 74 heavy (non-hydrogen) atoms. The molecule has 0 bridgehead atoms. The zero-order chi connectivity index (χ0) is 55.4. The summed E-state index contributed by atoms with van der Waals surface area (Å²) in [4.78, 5) is 75.0. The van der Waals surface area contributed by atoms with Gasteiger partial charge in [-0.25, -0.2) is 14.2 Å². The maximum absolute atomic E-state index is 13.5. The van der Waals surface area contributed by atoms with Crippen molar-refractivity contribution >= 4 is 37.6 Å². The summed E-state index contributed by atoms with van der Waals surface area (Å²) in [5.74, 6) is -4.77. The van der Waals surface area contributed by atoms with Gasteiger partial charge in [0.05, 0.1) is 32.5 Å². The van der Waals surface area contributed by atoms with E-state index >= 15 is 0 Å². The normalized spacial score (nSPS) is 26.8. The zero-order valence-electron chi connectivity index (χ0n) is 41.9. The first kappa shape index (κ1) is 66.2. The van der Waals surface area contributed by atoms with E-state index in [4.69, 9.17) is 59.2 Å². The standard InChI is InChI=1S/C43H78N7O23P/c1-4-5-6-7-8-9-10-11-12-13-14-15-16-17-18-65-29(39(60)61)23-66-74(63,64)73-42-37(35(72-43(45)62)34(58)36(70-42)38(44)59)71-40(24(2)48-25(3)54)67-26(20-51)27(21-52)68-41-31(49-30(55)19-47-50-46)33(57)32(56)28(22-53)69-41/h24,26-29,31-37,40-42,51-53,56-58H,4-23H2,1-3H3,(H2,44,59)(H2,45,62)(H,48,54)(H,49,55)(H,60,61)(H,63,64)/t24-,26?,27-,28?,29+,31-,32-,33?,34-,35-,36?,37?,40-,41+,42+/m0/s1. The topological polar surface area (TPSA) is 472 Å². The summed E-state index contributed by atoms with van der Waals surface area (Å²) in [5, 5.41) is 81.0. The fourth-order valence-electron chi connectivity index (χ4n) is 7.92. The smallest absolute Gasteiger partial charge is 0.474 e. The molecule has 30 nitrogen and oxygen atoms in total. The second-order valence-corrected chi connectivity index (χ2v) is 19.2. The van der Waals surface area contributed by atoms with Crippen LogP contribution in [0.5, 0.6) is 0 Å². The molecule has 0 aromatic carbocycles. The number of primary amides is 2. The number of carboxylic acid groups (broad SMARTS) is 1. The second kappa shape index (κ2) is 35.4. The number of carbonyl (C=O) groups excluding carboxylic acids is 4. The van der Waals surface area contributed by atoms with Gasteiger partial charge in [-0.3, -0.25) is 23.4 Å². The van der Waals surface area contributed by atoms with Gasteiger partial charge in [0.25, 0.3) is 0 Å². The maximum atomic E-state index is 13.5. The van der Waals surface area contributed by atoms with Crippen LogP contribution in [0.2, 0.25) is 0 Å². The molecule has 0 spiro atoms. The number of carboxylic acids is 1. The van der Waals surface area contributed by atoms with E-state index in [1.807, 2.05) is 0 Å². The second-order valence-electron chi connectivity index (χ2n) is 17.7. The van der Waals surface area contributed by atoms with Gasteiger partial charge in [-0.1, -0.05) is 95.5 Å². The number of unbranched alkanes of at least 4 members (excludes halogenated alkanes) is 13. The molecule has 6 unspecified atom stereocenters. The zero-order valence-corrected chi connectivity index (χ0v) is 42.8. The fraction of sp³-hybridized carbons (Fsp3) is 0.884. The third-order valence-electron chi connectivity index (χ3n) is 11.8. The number of nitrogens with two attached hydrogens (primary N) is 2. The molecule has 4 amide bonds. The Morgan fingerprint density at radius 3 is 1.89 bits per heavy atom. The van der Waals surface area contributed by atoms with E-state index in [2.05, 4.69) is 27.6 Å². The lowest BCUT2D eigenvalue weighted by molar-refractivity contribution is -0.331. The summed E-state index contributed by atoms with van der Waals surface area (Å²) in [6.07, 6.45) is -12.6. The van der Waals surface area contributed by atoms with Crippen LogP contribution >= 0.6 is 7.82 Å².